The third-order valence-corrected chi connectivity index (χ3v) is 1.51. The molecule has 0 aromatic heterocycles. The van der Waals surface area contributed by atoms with Crippen LogP contribution in [0.1, 0.15) is 6.42 Å². The quantitative estimate of drug-likeness (QED) is 0.423. The van der Waals surface area contributed by atoms with E-state index in [-0.39, 0.29) is 0 Å². The number of hydrogen-bond donors (Lipinski definition) is 0. The maximum absolute atomic E-state index is 3.16. The van der Waals surface area contributed by atoms with Crippen molar-refractivity contribution in [2.75, 3.05) is 0 Å². The Labute approximate surface area is 54.2 Å². The van der Waals surface area contributed by atoms with Crippen molar-refractivity contribution in [1.29, 1.82) is 0 Å². The van der Waals surface area contributed by atoms with Gasteiger partial charge in [0.25, 0.3) is 0 Å². The van der Waals surface area contributed by atoms with Crippen molar-refractivity contribution in [3.63, 3.8) is 0 Å². The summed E-state index contributed by atoms with van der Waals surface area (Å²) in [5, 5.41) is 0. The summed E-state index contributed by atoms with van der Waals surface area (Å²) in [6, 6.07) is 0. The van der Waals surface area contributed by atoms with Crippen LogP contribution in [-0.4, -0.2) is 0 Å². The van der Waals surface area contributed by atoms with Gasteiger partial charge in [-0.3, -0.25) is 0 Å². The highest BCUT2D eigenvalue weighted by atomic mass is 14.1. The van der Waals surface area contributed by atoms with E-state index in [2.05, 4.69) is 17.5 Å². The second-order valence-electron chi connectivity index (χ2n) is 2.11. The second-order valence-corrected chi connectivity index (χ2v) is 2.11. The first kappa shape index (κ1) is 4.64. The Morgan fingerprint density at radius 3 is 3.22 bits per heavy atom. The van der Waals surface area contributed by atoms with E-state index in [1.807, 2.05) is 18.2 Å². The third-order valence-electron chi connectivity index (χ3n) is 1.51. The standard InChI is InChI=1S/C9H6/c1-2-5-9-7-3-6-8(9)4-1/h1-4H,7H2. The molecule has 0 aromatic rings. The average Bonchev–Trinajstić information content (AvgIpc) is 2.33. The van der Waals surface area contributed by atoms with E-state index >= 15 is 0 Å². The molecule has 0 heterocycles. The van der Waals surface area contributed by atoms with Crippen molar-refractivity contribution in [3.8, 4) is 0 Å². The molecule has 0 bridgehead atoms. The molecule has 0 amide bonds. The predicted molar refractivity (Wildman–Crippen MR) is 36.9 cm³/mol. The lowest BCUT2D eigenvalue weighted by Crippen LogP contribution is -1.79. The normalized spacial score (nSPS) is 19.6. The number of fused-ring (bicyclic) bond motifs is 1. The van der Waals surface area contributed by atoms with Crippen LogP contribution in [-0.2, 0) is 0 Å². The highest BCUT2D eigenvalue weighted by Gasteiger charge is 2.04. The lowest BCUT2D eigenvalue weighted by molar-refractivity contribution is 1.30. The van der Waals surface area contributed by atoms with Gasteiger partial charge in [0.05, 0.1) is 0 Å². The lowest BCUT2D eigenvalue weighted by atomic mass is 10.1. The fraction of sp³-hybridized carbons (Fsp3) is 0.111. The van der Waals surface area contributed by atoms with Crippen molar-refractivity contribution in [2.24, 2.45) is 0 Å². The van der Waals surface area contributed by atoms with Gasteiger partial charge in [-0.15, -0.1) is 11.5 Å². The molecule has 42 valence electrons. The van der Waals surface area contributed by atoms with E-state index in [0.717, 1.165) is 6.42 Å². The van der Waals surface area contributed by atoms with Crippen molar-refractivity contribution in [3.05, 3.63) is 46.9 Å². The minimum atomic E-state index is 1.01. The number of rotatable bonds is 0. The first-order chi connectivity index (χ1) is 4.47. The van der Waals surface area contributed by atoms with E-state index in [1.54, 1.807) is 0 Å². The summed E-state index contributed by atoms with van der Waals surface area (Å²) >= 11 is 0. The summed E-state index contributed by atoms with van der Waals surface area (Å²) in [6.07, 6.45) is 9.05. The van der Waals surface area contributed by atoms with E-state index in [0.29, 0.717) is 0 Å². The van der Waals surface area contributed by atoms with Crippen LogP contribution in [0.25, 0.3) is 0 Å². The molecule has 2 aliphatic rings. The molecule has 0 unspecified atom stereocenters. The molecule has 0 atom stereocenters. The molecule has 0 aromatic carbocycles. The Bertz CT molecular complexity index is 288. The zero-order valence-electron chi connectivity index (χ0n) is 5.02. The molecule has 0 saturated carbocycles. The van der Waals surface area contributed by atoms with Gasteiger partial charge in [0.1, 0.15) is 0 Å². The first-order valence-electron chi connectivity index (χ1n) is 3.04. The van der Waals surface area contributed by atoms with Gasteiger partial charge >= 0.3 is 0 Å². The summed E-state index contributed by atoms with van der Waals surface area (Å²) in [5.74, 6) is 0. The minimum Gasteiger partial charge on any atom is -0.116 e. The monoisotopic (exact) mass is 114 g/mol. The molecule has 0 nitrogen and oxygen atoms in total. The van der Waals surface area contributed by atoms with Crippen LogP contribution in [0.5, 0.6) is 0 Å². The smallest absolute Gasteiger partial charge is 0.0274 e. The van der Waals surface area contributed by atoms with Gasteiger partial charge in [-0.1, -0.05) is 6.08 Å². The van der Waals surface area contributed by atoms with Gasteiger partial charge in [-0.05, 0) is 18.2 Å². The second kappa shape index (κ2) is 1.63. The summed E-state index contributed by atoms with van der Waals surface area (Å²) in [4.78, 5) is 0. The third kappa shape index (κ3) is 0.622. The molecule has 0 N–H and O–H groups in total. The highest BCUT2D eigenvalue weighted by Crippen LogP contribution is 2.21. The molecule has 0 saturated heterocycles. The summed E-state index contributed by atoms with van der Waals surface area (Å²) in [7, 11) is 0. The fourth-order valence-electron chi connectivity index (χ4n) is 1.04. The van der Waals surface area contributed by atoms with Gasteiger partial charge in [-0.25, -0.2) is 0 Å². The molecule has 0 fully saturated rings. The van der Waals surface area contributed by atoms with Crippen LogP contribution in [0.15, 0.2) is 46.9 Å². The molecule has 2 aliphatic carbocycles. The van der Waals surface area contributed by atoms with E-state index < -0.39 is 0 Å². The minimum absolute atomic E-state index is 1.01. The fourth-order valence-corrected chi connectivity index (χ4v) is 1.04. The van der Waals surface area contributed by atoms with E-state index in [1.165, 1.54) is 11.1 Å². The van der Waals surface area contributed by atoms with Gasteiger partial charge in [-0.2, -0.15) is 0 Å². The maximum Gasteiger partial charge on any atom is 0.0274 e. The average molecular weight is 114 g/mol. The molecule has 0 spiro atoms. The van der Waals surface area contributed by atoms with Crippen LogP contribution in [0.2, 0.25) is 0 Å². The van der Waals surface area contributed by atoms with Crippen molar-refractivity contribution in [1.82, 2.24) is 0 Å². The molecule has 0 radical (unpaired) electrons. The van der Waals surface area contributed by atoms with Crippen LogP contribution >= 0.6 is 0 Å². The first-order valence-corrected chi connectivity index (χ1v) is 3.04. The summed E-state index contributed by atoms with van der Waals surface area (Å²) < 4.78 is 0. The van der Waals surface area contributed by atoms with E-state index in [9.17, 15) is 0 Å². The Morgan fingerprint density at radius 2 is 2.33 bits per heavy atom. The van der Waals surface area contributed by atoms with Gasteiger partial charge in [0.15, 0.2) is 0 Å². The Balaban J connectivity index is 2.66. The van der Waals surface area contributed by atoms with Crippen LogP contribution in [0, 0.1) is 0 Å². The van der Waals surface area contributed by atoms with Gasteiger partial charge in [0.2, 0.25) is 0 Å². The molecule has 0 aliphatic heterocycles. The molecule has 2 rings (SSSR count). The largest absolute Gasteiger partial charge is 0.116 e. The maximum atomic E-state index is 3.16. The molecular formula is C9H6. The zero-order valence-corrected chi connectivity index (χ0v) is 5.02. The molecule has 9 heavy (non-hydrogen) atoms. The van der Waals surface area contributed by atoms with Crippen molar-refractivity contribution < 1.29 is 0 Å². The molecular weight excluding hydrogens is 108 g/mol. The number of hydrogen-bond acceptors (Lipinski definition) is 0. The van der Waals surface area contributed by atoms with Crippen LogP contribution < -0.4 is 0 Å². The van der Waals surface area contributed by atoms with Crippen LogP contribution in [0.4, 0.5) is 0 Å². The van der Waals surface area contributed by atoms with Crippen molar-refractivity contribution >= 4 is 0 Å². The summed E-state index contributed by atoms with van der Waals surface area (Å²) in [6.45, 7) is 0. The molecule has 0 heteroatoms. The topological polar surface area (TPSA) is 0 Å². The van der Waals surface area contributed by atoms with Crippen molar-refractivity contribution in [2.45, 2.75) is 6.42 Å². The predicted octanol–water partition coefficient (Wildman–Crippen LogP) is 2.12. The zero-order chi connectivity index (χ0) is 6.10. The van der Waals surface area contributed by atoms with Crippen LogP contribution in [0.3, 0.4) is 0 Å². The Kier molecular flexibility index (Phi) is 0.841. The van der Waals surface area contributed by atoms with Gasteiger partial charge < -0.3 is 0 Å². The lowest BCUT2D eigenvalue weighted by Gasteiger charge is -1.95. The Morgan fingerprint density at radius 1 is 1.33 bits per heavy atom. The highest BCUT2D eigenvalue weighted by molar-refractivity contribution is 5.47. The Hall–Kier alpha value is -1.22. The summed E-state index contributed by atoms with van der Waals surface area (Å²) in [5.41, 5.74) is 8.78. The number of allylic oxidation sites excluding steroid dienone is 4. The van der Waals surface area contributed by atoms with Gasteiger partial charge in [0, 0.05) is 17.6 Å². The SMILES string of the molecule is C1=CCC2=C=CC=CC=12. The van der Waals surface area contributed by atoms with E-state index in [4.69, 9.17) is 0 Å².